The number of esters is 2. The number of aliphatic imine (C=N–C) groups is 1. The number of nitrogens with zero attached hydrogens (tertiary/aromatic N) is 1. The topological polar surface area (TPSA) is 117 Å². The molecule has 0 saturated heterocycles. The maximum Gasteiger partial charge on any atom is 0.400 e. The third kappa shape index (κ3) is 3.64. The fourth-order valence-electron chi connectivity index (χ4n) is 0.961. The van der Waals surface area contributed by atoms with Crippen LogP contribution >= 0.6 is 0 Å². The van der Waals surface area contributed by atoms with E-state index in [2.05, 4.69) is 14.5 Å². The molecule has 0 radical (unpaired) electrons. The molecular formula is C8H13N3O4. The van der Waals surface area contributed by atoms with E-state index < -0.39 is 18.0 Å². The fourth-order valence-corrected chi connectivity index (χ4v) is 0.961. The lowest BCUT2D eigenvalue weighted by molar-refractivity contribution is -0.141. The molecule has 0 saturated carbocycles. The molecule has 0 aromatic rings. The van der Waals surface area contributed by atoms with Gasteiger partial charge in [0.25, 0.3) is 0 Å². The van der Waals surface area contributed by atoms with Gasteiger partial charge in [-0.1, -0.05) is 0 Å². The van der Waals surface area contributed by atoms with Gasteiger partial charge in [-0.2, -0.15) is 0 Å². The van der Waals surface area contributed by atoms with Crippen LogP contribution in [0.5, 0.6) is 0 Å². The largest absolute Gasteiger partial charge is 0.400 e. The lowest BCUT2D eigenvalue weighted by Crippen LogP contribution is -2.34. The molecule has 7 heteroatoms. The van der Waals surface area contributed by atoms with Crippen LogP contribution in [0.4, 0.5) is 0 Å². The fraction of sp³-hybridized carbons (Fsp3) is 0.625. The van der Waals surface area contributed by atoms with Gasteiger partial charge < -0.3 is 20.9 Å². The molecule has 0 amide bonds. The van der Waals surface area contributed by atoms with Crippen molar-refractivity contribution < 1.29 is 19.1 Å². The van der Waals surface area contributed by atoms with Gasteiger partial charge in [0.05, 0.1) is 0 Å². The van der Waals surface area contributed by atoms with E-state index in [1.807, 2.05) is 0 Å². The third-order valence-corrected chi connectivity index (χ3v) is 1.75. The summed E-state index contributed by atoms with van der Waals surface area (Å²) in [6.07, 6.45) is 0.729. The van der Waals surface area contributed by atoms with E-state index in [1.165, 1.54) is 0 Å². The first kappa shape index (κ1) is 11.6. The second kappa shape index (κ2) is 5.42. The molecule has 1 heterocycles. The predicted molar refractivity (Wildman–Crippen MR) is 50.7 cm³/mol. The Bertz CT molecular complexity index is 290. The highest BCUT2D eigenvalue weighted by Gasteiger charge is 2.23. The van der Waals surface area contributed by atoms with Crippen LogP contribution in [-0.2, 0) is 19.1 Å². The molecule has 0 aliphatic carbocycles. The Labute approximate surface area is 86.4 Å². The molecule has 7 nitrogen and oxygen atoms in total. The smallest absolute Gasteiger partial charge is 0.376 e. The van der Waals surface area contributed by atoms with Crippen molar-refractivity contribution in [2.45, 2.75) is 18.9 Å². The lowest BCUT2D eigenvalue weighted by Gasteiger charge is -2.08. The average Bonchev–Trinajstić information content (AvgIpc) is 2.60. The average molecular weight is 215 g/mol. The molecule has 4 N–H and O–H groups in total. The maximum absolute atomic E-state index is 11.3. The van der Waals surface area contributed by atoms with Crippen molar-refractivity contribution in [1.29, 1.82) is 0 Å². The SMILES string of the molecule is NCCC[C@@H](N)C(=O)OC1=NCC(=O)O1. The highest BCUT2D eigenvalue weighted by molar-refractivity contribution is 5.96. The number of hydrogen-bond donors (Lipinski definition) is 2. The van der Waals surface area contributed by atoms with Crippen molar-refractivity contribution in [3.63, 3.8) is 0 Å². The van der Waals surface area contributed by atoms with Crippen molar-refractivity contribution >= 4 is 18.0 Å². The van der Waals surface area contributed by atoms with E-state index in [0.29, 0.717) is 19.4 Å². The van der Waals surface area contributed by atoms with Crippen LogP contribution in [0.25, 0.3) is 0 Å². The van der Waals surface area contributed by atoms with E-state index in [9.17, 15) is 9.59 Å². The summed E-state index contributed by atoms with van der Waals surface area (Å²) >= 11 is 0. The van der Waals surface area contributed by atoms with Gasteiger partial charge in [-0.3, -0.25) is 0 Å². The van der Waals surface area contributed by atoms with Crippen LogP contribution in [0.2, 0.25) is 0 Å². The lowest BCUT2D eigenvalue weighted by atomic mass is 10.2. The molecular weight excluding hydrogens is 202 g/mol. The molecule has 0 fully saturated rings. The minimum absolute atomic E-state index is 0.124. The van der Waals surface area contributed by atoms with Gasteiger partial charge in [0, 0.05) is 0 Å². The van der Waals surface area contributed by atoms with E-state index in [-0.39, 0.29) is 12.6 Å². The molecule has 1 aliphatic rings. The molecule has 0 unspecified atom stereocenters. The Morgan fingerprint density at radius 3 is 2.93 bits per heavy atom. The van der Waals surface area contributed by atoms with Gasteiger partial charge in [0.1, 0.15) is 12.6 Å². The molecule has 1 rings (SSSR count). The second-order valence-electron chi connectivity index (χ2n) is 3.01. The summed E-state index contributed by atoms with van der Waals surface area (Å²) < 4.78 is 9.12. The Morgan fingerprint density at radius 1 is 1.67 bits per heavy atom. The standard InChI is InChI=1S/C8H13N3O4/c9-3-1-2-5(10)7(13)15-8-11-4-6(12)14-8/h5H,1-4,9-10H2/t5-/m1/s1. The summed E-state index contributed by atoms with van der Waals surface area (Å²) in [6.45, 7) is 0.331. The van der Waals surface area contributed by atoms with Crippen LogP contribution in [-0.4, -0.2) is 37.2 Å². The van der Waals surface area contributed by atoms with Gasteiger partial charge in [0.2, 0.25) is 0 Å². The van der Waals surface area contributed by atoms with Gasteiger partial charge in [-0.15, -0.1) is 0 Å². The highest BCUT2D eigenvalue weighted by atomic mass is 16.7. The summed E-state index contributed by atoms with van der Waals surface area (Å²) in [5.41, 5.74) is 10.7. The highest BCUT2D eigenvalue weighted by Crippen LogP contribution is 2.01. The van der Waals surface area contributed by atoms with Crippen molar-refractivity contribution in [3.8, 4) is 0 Å². The zero-order valence-corrected chi connectivity index (χ0v) is 8.14. The Morgan fingerprint density at radius 2 is 2.40 bits per heavy atom. The number of carbonyl (C=O) groups excluding carboxylic acids is 2. The van der Waals surface area contributed by atoms with Crippen molar-refractivity contribution in [1.82, 2.24) is 0 Å². The summed E-state index contributed by atoms with van der Waals surface area (Å²) in [4.78, 5) is 25.4. The number of rotatable bonds is 4. The minimum atomic E-state index is -0.768. The van der Waals surface area contributed by atoms with Crippen LogP contribution in [0.3, 0.4) is 0 Å². The summed E-state index contributed by atoms with van der Waals surface area (Å²) in [7, 11) is 0. The second-order valence-corrected chi connectivity index (χ2v) is 3.01. The van der Waals surface area contributed by atoms with Crippen molar-refractivity contribution in [2.24, 2.45) is 16.5 Å². The quantitative estimate of drug-likeness (QED) is 0.551. The van der Waals surface area contributed by atoms with Crippen LogP contribution in [0.1, 0.15) is 12.8 Å². The van der Waals surface area contributed by atoms with Crippen molar-refractivity contribution in [2.75, 3.05) is 13.1 Å². The first-order valence-electron chi connectivity index (χ1n) is 4.56. The molecule has 1 aliphatic heterocycles. The molecule has 15 heavy (non-hydrogen) atoms. The van der Waals surface area contributed by atoms with E-state index in [1.54, 1.807) is 0 Å². The number of nitrogens with two attached hydrogens (primary N) is 2. The van der Waals surface area contributed by atoms with Gasteiger partial charge in [0.15, 0.2) is 0 Å². The normalized spacial score (nSPS) is 16.9. The van der Waals surface area contributed by atoms with Gasteiger partial charge in [-0.25, -0.2) is 14.6 Å². The van der Waals surface area contributed by atoms with Crippen molar-refractivity contribution in [3.05, 3.63) is 0 Å². The first-order chi connectivity index (χ1) is 7.13. The monoisotopic (exact) mass is 215 g/mol. The molecule has 1 atom stereocenters. The van der Waals surface area contributed by atoms with E-state index in [0.717, 1.165) is 0 Å². The molecule has 84 valence electrons. The van der Waals surface area contributed by atoms with Crippen LogP contribution < -0.4 is 11.5 Å². The Kier molecular flexibility index (Phi) is 4.19. The van der Waals surface area contributed by atoms with Crippen LogP contribution in [0.15, 0.2) is 4.99 Å². The van der Waals surface area contributed by atoms with Gasteiger partial charge >= 0.3 is 18.0 Å². The zero-order chi connectivity index (χ0) is 11.3. The Balaban J connectivity index is 2.32. The minimum Gasteiger partial charge on any atom is -0.376 e. The number of cyclic esters (lactones) is 1. The zero-order valence-electron chi connectivity index (χ0n) is 8.14. The number of carbonyl (C=O) groups is 2. The molecule has 0 aromatic carbocycles. The van der Waals surface area contributed by atoms with Crippen LogP contribution in [0, 0.1) is 0 Å². The summed E-state index contributed by atoms with van der Waals surface area (Å²) in [6, 6.07) is -0.768. The third-order valence-electron chi connectivity index (χ3n) is 1.75. The number of ether oxygens (including phenoxy) is 2. The Hall–Kier alpha value is -1.47. The van der Waals surface area contributed by atoms with E-state index >= 15 is 0 Å². The summed E-state index contributed by atoms with van der Waals surface area (Å²) in [5.74, 6) is -1.22. The number of hydrogen-bond acceptors (Lipinski definition) is 7. The predicted octanol–water partition coefficient (Wildman–Crippen LogP) is -1.49. The van der Waals surface area contributed by atoms with E-state index in [4.69, 9.17) is 11.5 Å². The first-order valence-corrected chi connectivity index (χ1v) is 4.56. The molecule has 0 bridgehead atoms. The van der Waals surface area contributed by atoms with Gasteiger partial charge in [-0.05, 0) is 19.4 Å². The maximum atomic E-state index is 11.3. The summed E-state index contributed by atoms with van der Waals surface area (Å²) in [5, 5.41) is 0. The molecule has 0 spiro atoms. The molecule has 0 aromatic heterocycles.